The largest absolute Gasteiger partial charge is 0.351 e. The van der Waals surface area contributed by atoms with Crippen LogP contribution in [0.1, 0.15) is 40.5 Å². The monoisotopic (exact) mass is 186 g/mol. The van der Waals surface area contributed by atoms with Gasteiger partial charge in [-0.1, -0.05) is 20.3 Å². The summed E-state index contributed by atoms with van der Waals surface area (Å²) in [5.41, 5.74) is 5.30. The van der Waals surface area contributed by atoms with E-state index >= 15 is 0 Å². The number of hydrogen-bond donors (Lipinski definition) is 2. The summed E-state index contributed by atoms with van der Waals surface area (Å²) in [4.78, 5) is 11.5. The number of nitrogens with one attached hydrogen (secondary N) is 1. The fourth-order valence-electron chi connectivity index (χ4n) is 1.25. The summed E-state index contributed by atoms with van der Waals surface area (Å²) in [6.45, 7) is 8.45. The number of carbonyl (C=O) groups is 1. The van der Waals surface area contributed by atoms with Crippen molar-refractivity contribution in [3.05, 3.63) is 0 Å². The maximum Gasteiger partial charge on any atom is 0.224 e. The maximum absolute atomic E-state index is 11.5. The molecule has 13 heavy (non-hydrogen) atoms. The normalized spacial score (nSPS) is 13.9. The van der Waals surface area contributed by atoms with Gasteiger partial charge in [-0.15, -0.1) is 0 Å². The van der Waals surface area contributed by atoms with E-state index in [1.54, 1.807) is 0 Å². The van der Waals surface area contributed by atoms with Gasteiger partial charge in [-0.2, -0.15) is 0 Å². The topological polar surface area (TPSA) is 55.1 Å². The third-order valence-electron chi connectivity index (χ3n) is 2.14. The second-order valence-corrected chi connectivity index (χ2v) is 4.26. The molecule has 0 rings (SSSR count). The van der Waals surface area contributed by atoms with E-state index in [0.29, 0.717) is 6.54 Å². The van der Waals surface area contributed by atoms with Crippen LogP contribution >= 0.6 is 0 Å². The van der Waals surface area contributed by atoms with E-state index in [2.05, 4.69) is 12.2 Å². The minimum Gasteiger partial charge on any atom is -0.351 e. The molecule has 0 radical (unpaired) electrons. The molecule has 3 heteroatoms. The Balaban J connectivity index is 4.03. The van der Waals surface area contributed by atoms with Crippen LogP contribution in [0.3, 0.4) is 0 Å². The Morgan fingerprint density at radius 1 is 1.54 bits per heavy atom. The van der Waals surface area contributed by atoms with Gasteiger partial charge in [0.2, 0.25) is 5.91 Å². The lowest BCUT2D eigenvalue weighted by atomic mass is 9.97. The molecule has 0 spiro atoms. The van der Waals surface area contributed by atoms with Gasteiger partial charge in [-0.25, -0.2) is 0 Å². The molecule has 78 valence electrons. The van der Waals surface area contributed by atoms with Gasteiger partial charge in [0.15, 0.2) is 0 Å². The Kier molecular flexibility index (Phi) is 4.99. The van der Waals surface area contributed by atoms with Crippen molar-refractivity contribution in [1.82, 2.24) is 5.32 Å². The number of carbonyl (C=O) groups excluding carboxylic acids is 1. The van der Waals surface area contributed by atoms with E-state index in [9.17, 15) is 4.79 Å². The predicted molar refractivity (Wildman–Crippen MR) is 55.3 cm³/mol. The van der Waals surface area contributed by atoms with Crippen LogP contribution in [0.25, 0.3) is 0 Å². The van der Waals surface area contributed by atoms with Crippen LogP contribution in [0.2, 0.25) is 0 Å². The smallest absolute Gasteiger partial charge is 0.224 e. The van der Waals surface area contributed by atoms with Gasteiger partial charge in [-0.3, -0.25) is 4.79 Å². The van der Waals surface area contributed by atoms with E-state index in [0.717, 1.165) is 12.8 Å². The Bertz CT molecular complexity index is 166. The van der Waals surface area contributed by atoms with Gasteiger partial charge in [0.05, 0.1) is 0 Å². The maximum atomic E-state index is 11.5. The van der Waals surface area contributed by atoms with E-state index < -0.39 is 0 Å². The Labute approximate surface area is 81.1 Å². The van der Waals surface area contributed by atoms with Crippen LogP contribution in [-0.2, 0) is 4.79 Å². The van der Waals surface area contributed by atoms with Gasteiger partial charge in [0, 0.05) is 18.0 Å². The van der Waals surface area contributed by atoms with E-state index in [1.807, 2.05) is 20.8 Å². The molecule has 0 saturated heterocycles. The first-order chi connectivity index (χ1) is 5.93. The summed E-state index contributed by atoms with van der Waals surface area (Å²) in [6.07, 6.45) is 2.07. The van der Waals surface area contributed by atoms with Crippen molar-refractivity contribution < 1.29 is 4.79 Å². The fraction of sp³-hybridized carbons (Fsp3) is 0.900. The first-order valence-corrected chi connectivity index (χ1v) is 4.95. The van der Waals surface area contributed by atoms with Crippen molar-refractivity contribution in [2.75, 3.05) is 6.54 Å². The van der Waals surface area contributed by atoms with E-state index in [4.69, 9.17) is 5.73 Å². The van der Waals surface area contributed by atoms with Gasteiger partial charge in [0.25, 0.3) is 0 Å². The molecular weight excluding hydrogens is 164 g/mol. The number of rotatable bonds is 5. The molecule has 0 fully saturated rings. The third-order valence-corrected chi connectivity index (χ3v) is 2.14. The standard InChI is InChI=1S/C10H22N2O/c1-5-6-10(3,4)12-9(13)8(2)7-11/h8H,5-7,11H2,1-4H3,(H,12,13). The Morgan fingerprint density at radius 2 is 2.08 bits per heavy atom. The molecule has 0 bridgehead atoms. The van der Waals surface area contributed by atoms with Crippen molar-refractivity contribution in [3.8, 4) is 0 Å². The molecule has 0 aliphatic rings. The third kappa shape index (κ3) is 4.88. The highest BCUT2D eigenvalue weighted by molar-refractivity contribution is 5.79. The number of amides is 1. The lowest BCUT2D eigenvalue weighted by Gasteiger charge is -2.27. The van der Waals surface area contributed by atoms with Gasteiger partial charge in [0.1, 0.15) is 0 Å². The second-order valence-electron chi connectivity index (χ2n) is 4.26. The minimum atomic E-state index is -0.102. The zero-order chi connectivity index (χ0) is 10.5. The summed E-state index contributed by atoms with van der Waals surface area (Å²) < 4.78 is 0. The number of hydrogen-bond acceptors (Lipinski definition) is 2. The van der Waals surface area contributed by atoms with Crippen molar-refractivity contribution in [2.24, 2.45) is 11.7 Å². The zero-order valence-corrected chi connectivity index (χ0v) is 9.18. The zero-order valence-electron chi connectivity index (χ0n) is 9.18. The lowest BCUT2D eigenvalue weighted by Crippen LogP contribution is -2.46. The van der Waals surface area contributed by atoms with Gasteiger partial charge in [-0.05, 0) is 20.3 Å². The average Bonchev–Trinajstić information content (AvgIpc) is 2.01. The Hall–Kier alpha value is -0.570. The molecule has 1 atom stereocenters. The van der Waals surface area contributed by atoms with Crippen LogP contribution in [0.4, 0.5) is 0 Å². The van der Waals surface area contributed by atoms with Crippen molar-refractivity contribution in [1.29, 1.82) is 0 Å². The fourth-order valence-corrected chi connectivity index (χ4v) is 1.25. The molecule has 1 amide bonds. The Morgan fingerprint density at radius 3 is 2.46 bits per heavy atom. The molecule has 3 N–H and O–H groups in total. The van der Waals surface area contributed by atoms with Crippen LogP contribution in [0.5, 0.6) is 0 Å². The first-order valence-electron chi connectivity index (χ1n) is 4.95. The number of nitrogens with two attached hydrogens (primary N) is 1. The van der Waals surface area contributed by atoms with Crippen LogP contribution in [-0.4, -0.2) is 18.0 Å². The molecule has 0 aromatic rings. The highest BCUT2D eigenvalue weighted by atomic mass is 16.2. The second kappa shape index (κ2) is 5.22. The first kappa shape index (κ1) is 12.4. The van der Waals surface area contributed by atoms with Gasteiger partial charge >= 0.3 is 0 Å². The van der Waals surface area contributed by atoms with E-state index in [-0.39, 0.29) is 17.4 Å². The van der Waals surface area contributed by atoms with Crippen molar-refractivity contribution >= 4 is 5.91 Å². The minimum absolute atomic E-state index is 0.0564. The van der Waals surface area contributed by atoms with Crippen LogP contribution in [0, 0.1) is 5.92 Å². The lowest BCUT2D eigenvalue weighted by molar-refractivity contribution is -0.125. The quantitative estimate of drug-likeness (QED) is 0.679. The summed E-state index contributed by atoms with van der Waals surface area (Å²) in [6, 6.07) is 0. The van der Waals surface area contributed by atoms with Gasteiger partial charge < -0.3 is 11.1 Å². The van der Waals surface area contributed by atoms with Crippen LogP contribution < -0.4 is 11.1 Å². The summed E-state index contributed by atoms with van der Waals surface area (Å²) in [5.74, 6) is -0.0305. The summed E-state index contributed by atoms with van der Waals surface area (Å²) >= 11 is 0. The molecule has 3 nitrogen and oxygen atoms in total. The molecule has 0 saturated carbocycles. The van der Waals surface area contributed by atoms with Crippen LogP contribution in [0.15, 0.2) is 0 Å². The summed E-state index contributed by atoms with van der Waals surface area (Å²) in [7, 11) is 0. The predicted octanol–water partition coefficient (Wildman–Crippen LogP) is 1.28. The van der Waals surface area contributed by atoms with Crippen molar-refractivity contribution in [2.45, 2.75) is 46.1 Å². The summed E-state index contributed by atoms with van der Waals surface area (Å²) in [5, 5.41) is 2.99. The molecule has 0 aliphatic heterocycles. The molecule has 0 heterocycles. The molecular formula is C10H22N2O. The molecule has 0 aromatic heterocycles. The molecule has 0 aliphatic carbocycles. The highest BCUT2D eigenvalue weighted by Crippen LogP contribution is 2.11. The SMILES string of the molecule is CCCC(C)(C)NC(=O)C(C)CN. The molecule has 0 aromatic carbocycles. The molecule has 1 unspecified atom stereocenters. The highest BCUT2D eigenvalue weighted by Gasteiger charge is 2.21. The van der Waals surface area contributed by atoms with Crippen molar-refractivity contribution in [3.63, 3.8) is 0 Å². The average molecular weight is 186 g/mol. The van der Waals surface area contributed by atoms with E-state index in [1.165, 1.54) is 0 Å².